The molecule has 0 fully saturated rings. The summed E-state index contributed by atoms with van der Waals surface area (Å²) in [6, 6.07) is 11.0. The fraction of sp³-hybridized carbons (Fsp3) is 0.0769. The van der Waals surface area contributed by atoms with Gasteiger partial charge in [-0.25, -0.2) is 9.78 Å². The largest absolute Gasteiger partial charge is 0.478 e. The molecule has 0 saturated heterocycles. The van der Waals surface area contributed by atoms with Gasteiger partial charge >= 0.3 is 5.97 Å². The number of carboxylic acid groups (broad SMARTS) is 1. The fourth-order valence-corrected chi connectivity index (χ4v) is 1.47. The minimum Gasteiger partial charge on any atom is -0.478 e. The maximum atomic E-state index is 10.7. The van der Waals surface area contributed by atoms with Crippen LogP contribution in [0.3, 0.4) is 0 Å². The Kier molecular flexibility index (Phi) is 3.05. The smallest absolute Gasteiger partial charge is 0.337 e. The van der Waals surface area contributed by atoms with Crippen LogP contribution in [0, 0.1) is 6.92 Å². The van der Waals surface area contributed by atoms with Crippen LogP contribution in [-0.4, -0.2) is 16.1 Å². The zero-order chi connectivity index (χ0) is 12.3. The first-order valence-electron chi connectivity index (χ1n) is 5.18. The van der Waals surface area contributed by atoms with Gasteiger partial charge in [-0.05, 0) is 36.8 Å². The summed E-state index contributed by atoms with van der Waals surface area (Å²) >= 11 is 0. The number of anilines is 2. The van der Waals surface area contributed by atoms with E-state index >= 15 is 0 Å². The highest BCUT2D eigenvalue weighted by Crippen LogP contribution is 2.15. The van der Waals surface area contributed by atoms with E-state index in [0.29, 0.717) is 5.82 Å². The summed E-state index contributed by atoms with van der Waals surface area (Å²) in [6.45, 7) is 2.01. The third-order valence-corrected chi connectivity index (χ3v) is 2.30. The molecule has 4 heteroatoms. The van der Waals surface area contributed by atoms with E-state index < -0.39 is 5.97 Å². The summed E-state index contributed by atoms with van der Waals surface area (Å²) in [5, 5.41) is 11.8. The molecule has 1 heterocycles. The molecule has 4 nitrogen and oxygen atoms in total. The zero-order valence-electron chi connectivity index (χ0n) is 9.34. The highest BCUT2D eigenvalue weighted by atomic mass is 16.4. The number of carbonyl (C=O) groups is 1. The second-order valence-corrected chi connectivity index (χ2v) is 3.73. The van der Waals surface area contributed by atoms with Crippen molar-refractivity contribution < 1.29 is 9.90 Å². The lowest BCUT2D eigenvalue weighted by Gasteiger charge is -2.06. The predicted molar refractivity (Wildman–Crippen MR) is 65.7 cm³/mol. The maximum absolute atomic E-state index is 10.7. The quantitative estimate of drug-likeness (QED) is 0.847. The van der Waals surface area contributed by atoms with E-state index in [2.05, 4.69) is 10.3 Å². The number of pyridine rings is 1. The Bertz CT molecular complexity index is 535. The molecular formula is C13H12N2O2. The van der Waals surface area contributed by atoms with Crippen molar-refractivity contribution in [3.05, 3.63) is 53.7 Å². The Balaban J connectivity index is 2.16. The number of nitrogens with zero attached hydrogens (tertiary/aromatic N) is 1. The van der Waals surface area contributed by atoms with Crippen LogP contribution in [0.1, 0.15) is 15.9 Å². The number of aromatic carboxylic acids is 1. The molecule has 0 bridgehead atoms. The summed E-state index contributed by atoms with van der Waals surface area (Å²) in [5.41, 5.74) is 2.26. The zero-order valence-corrected chi connectivity index (χ0v) is 9.34. The van der Waals surface area contributed by atoms with Crippen LogP contribution in [0.2, 0.25) is 0 Å². The normalized spacial score (nSPS) is 9.94. The molecule has 2 rings (SSSR count). The van der Waals surface area contributed by atoms with Crippen molar-refractivity contribution in [3.63, 3.8) is 0 Å². The Morgan fingerprint density at radius 3 is 2.71 bits per heavy atom. The number of benzene rings is 1. The Labute approximate surface area is 98.9 Å². The van der Waals surface area contributed by atoms with Crippen LogP contribution >= 0.6 is 0 Å². The van der Waals surface area contributed by atoms with E-state index in [4.69, 9.17) is 5.11 Å². The maximum Gasteiger partial charge on any atom is 0.337 e. The van der Waals surface area contributed by atoms with Gasteiger partial charge in [0.05, 0.1) is 5.56 Å². The van der Waals surface area contributed by atoms with Gasteiger partial charge < -0.3 is 10.4 Å². The lowest BCUT2D eigenvalue weighted by molar-refractivity contribution is 0.0696. The van der Waals surface area contributed by atoms with Gasteiger partial charge in [-0.3, -0.25) is 0 Å². The molecule has 17 heavy (non-hydrogen) atoms. The lowest BCUT2D eigenvalue weighted by atomic mass is 10.2. The molecule has 0 saturated carbocycles. The fourth-order valence-electron chi connectivity index (χ4n) is 1.47. The van der Waals surface area contributed by atoms with Crippen LogP contribution in [0.15, 0.2) is 42.6 Å². The van der Waals surface area contributed by atoms with Gasteiger partial charge in [-0.1, -0.05) is 12.1 Å². The first-order valence-corrected chi connectivity index (χ1v) is 5.18. The molecule has 0 amide bonds. The van der Waals surface area contributed by atoms with Gasteiger partial charge in [0.15, 0.2) is 0 Å². The molecule has 0 atom stereocenters. The van der Waals surface area contributed by atoms with Crippen LogP contribution < -0.4 is 5.32 Å². The molecule has 0 radical (unpaired) electrons. The number of aryl methyl sites for hydroxylation is 1. The molecule has 0 aliphatic rings. The summed E-state index contributed by atoms with van der Waals surface area (Å²) in [5.74, 6) is -0.347. The first-order chi connectivity index (χ1) is 8.15. The summed E-state index contributed by atoms with van der Waals surface area (Å²) in [7, 11) is 0. The van der Waals surface area contributed by atoms with Crippen LogP contribution in [0.25, 0.3) is 0 Å². The average molecular weight is 228 g/mol. The third-order valence-electron chi connectivity index (χ3n) is 2.30. The number of rotatable bonds is 3. The summed E-state index contributed by atoms with van der Waals surface area (Å²) < 4.78 is 0. The van der Waals surface area contributed by atoms with E-state index in [1.54, 1.807) is 6.07 Å². The molecule has 0 aliphatic heterocycles. The molecular weight excluding hydrogens is 216 g/mol. The third kappa shape index (κ3) is 2.81. The second-order valence-electron chi connectivity index (χ2n) is 3.73. The number of aromatic nitrogens is 1. The molecule has 86 valence electrons. The minimum atomic E-state index is -0.973. The van der Waals surface area contributed by atoms with Crippen molar-refractivity contribution in [1.82, 2.24) is 4.98 Å². The average Bonchev–Trinajstić information content (AvgIpc) is 2.29. The van der Waals surface area contributed by atoms with E-state index in [0.717, 1.165) is 11.3 Å². The minimum absolute atomic E-state index is 0.180. The topological polar surface area (TPSA) is 62.2 Å². The molecule has 0 spiro atoms. The summed E-state index contributed by atoms with van der Waals surface area (Å²) in [4.78, 5) is 14.7. The number of nitrogens with one attached hydrogen (secondary N) is 1. The van der Waals surface area contributed by atoms with Crippen molar-refractivity contribution in [2.75, 3.05) is 5.32 Å². The molecule has 1 aromatic heterocycles. The van der Waals surface area contributed by atoms with Crippen molar-refractivity contribution in [2.24, 2.45) is 0 Å². The van der Waals surface area contributed by atoms with Gasteiger partial charge in [0.1, 0.15) is 5.82 Å². The van der Waals surface area contributed by atoms with Gasteiger partial charge in [-0.2, -0.15) is 0 Å². The highest BCUT2D eigenvalue weighted by Gasteiger charge is 2.02. The van der Waals surface area contributed by atoms with Crippen LogP contribution in [0.4, 0.5) is 11.5 Å². The van der Waals surface area contributed by atoms with E-state index in [1.165, 1.54) is 12.3 Å². The van der Waals surface area contributed by atoms with E-state index in [-0.39, 0.29) is 5.56 Å². The van der Waals surface area contributed by atoms with Crippen molar-refractivity contribution in [1.29, 1.82) is 0 Å². The van der Waals surface area contributed by atoms with Gasteiger partial charge in [0, 0.05) is 11.9 Å². The second kappa shape index (κ2) is 4.65. The number of hydrogen-bond donors (Lipinski definition) is 2. The van der Waals surface area contributed by atoms with Crippen molar-refractivity contribution in [2.45, 2.75) is 6.92 Å². The Morgan fingerprint density at radius 2 is 2.12 bits per heavy atom. The monoisotopic (exact) mass is 228 g/mol. The van der Waals surface area contributed by atoms with E-state index in [9.17, 15) is 4.79 Å². The van der Waals surface area contributed by atoms with Gasteiger partial charge in [0.25, 0.3) is 0 Å². The standard InChI is InChI=1S/C13H12N2O2/c1-9-3-2-4-11(7-9)15-12-6-5-10(8-14-12)13(16)17/h2-8H,1H3,(H,14,15)(H,16,17). The predicted octanol–water partition coefficient (Wildman–Crippen LogP) is 2.83. The van der Waals surface area contributed by atoms with Crippen LogP contribution in [0.5, 0.6) is 0 Å². The SMILES string of the molecule is Cc1cccc(Nc2ccc(C(=O)O)cn2)c1. The molecule has 2 aromatic rings. The van der Waals surface area contributed by atoms with Crippen LogP contribution in [-0.2, 0) is 0 Å². The first kappa shape index (κ1) is 11.1. The van der Waals surface area contributed by atoms with Crippen molar-refractivity contribution in [3.8, 4) is 0 Å². The van der Waals surface area contributed by atoms with Gasteiger partial charge in [-0.15, -0.1) is 0 Å². The molecule has 0 unspecified atom stereocenters. The highest BCUT2D eigenvalue weighted by molar-refractivity contribution is 5.87. The summed E-state index contributed by atoms with van der Waals surface area (Å²) in [6.07, 6.45) is 1.33. The van der Waals surface area contributed by atoms with Crippen molar-refractivity contribution >= 4 is 17.5 Å². The lowest BCUT2D eigenvalue weighted by Crippen LogP contribution is -1.99. The number of hydrogen-bond acceptors (Lipinski definition) is 3. The Hall–Kier alpha value is -2.36. The Morgan fingerprint density at radius 1 is 1.29 bits per heavy atom. The molecule has 1 aromatic carbocycles. The molecule has 0 aliphatic carbocycles. The van der Waals surface area contributed by atoms with Gasteiger partial charge in [0.2, 0.25) is 0 Å². The molecule has 2 N–H and O–H groups in total. The van der Waals surface area contributed by atoms with E-state index in [1.807, 2.05) is 31.2 Å². The number of carboxylic acids is 1.